The summed E-state index contributed by atoms with van der Waals surface area (Å²) in [5.41, 5.74) is -3.89. The van der Waals surface area contributed by atoms with Gasteiger partial charge in [0, 0.05) is 0 Å². The first-order valence-corrected chi connectivity index (χ1v) is 5.23. The Morgan fingerprint density at radius 3 is 1.81 bits per heavy atom. The van der Waals surface area contributed by atoms with Gasteiger partial charge in [-0.15, -0.1) is 0 Å². The van der Waals surface area contributed by atoms with Gasteiger partial charge in [0.1, 0.15) is 0 Å². The van der Waals surface area contributed by atoms with Crippen LogP contribution in [0, 0.1) is 17.5 Å². The minimum atomic E-state index is -5.31. The quantitative estimate of drug-likeness (QED) is 0.423. The number of hydrogen-bond donors (Lipinski definition) is 0. The van der Waals surface area contributed by atoms with Gasteiger partial charge in [-0.3, -0.25) is 0 Å². The summed E-state index contributed by atoms with van der Waals surface area (Å²) >= 11 is -0.944. The summed E-state index contributed by atoms with van der Waals surface area (Å²) in [5.74, 6) is -6.00. The Kier molecular flexibility index (Phi) is 2.47. The summed E-state index contributed by atoms with van der Waals surface area (Å²) in [6, 6.07) is 0. The number of alkyl halides is 3. The van der Waals surface area contributed by atoms with Crippen molar-refractivity contribution in [3.63, 3.8) is 0 Å². The van der Waals surface area contributed by atoms with E-state index < -0.39 is 55.2 Å². The van der Waals surface area contributed by atoms with E-state index in [2.05, 4.69) is 7.96 Å². The first-order valence-electron chi connectivity index (χ1n) is 3.70. The van der Waals surface area contributed by atoms with E-state index in [4.69, 9.17) is 0 Å². The second kappa shape index (κ2) is 3.46. The summed E-state index contributed by atoms with van der Waals surface area (Å²) in [5, 5.41) is 0. The second-order valence-electron chi connectivity index (χ2n) is 2.78. The Morgan fingerprint density at radius 1 is 0.812 bits per heavy atom. The van der Waals surface area contributed by atoms with Gasteiger partial charge in [-0.2, -0.15) is 0 Å². The molecular weight excluding hydrogens is 305 g/mol. The van der Waals surface area contributed by atoms with E-state index in [9.17, 15) is 26.3 Å². The van der Waals surface area contributed by atoms with E-state index in [0.717, 1.165) is 0 Å². The summed E-state index contributed by atoms with van der Waals surface area (Å²) in [4.78, 5) is 0. The summed E-state index contributed by atoms with van der Waals surface area (Å²) in [6.07, 6.45) is -5.31. The van der Waals surface area contributed by atoms with Crippen LogP contribution in [-0.2, 0) is 6.18 Å². The van der Waals surface area contributed by atoms with Crippen LogP contribution in [0.1, 0.15) is 5.56 Å². The summed E-state index contributed by atoms with van der Waals surface area (Å²) in [6.45, 7) is 0. The molecule has 9 heteroatoms. The first kappa shape index (κ1) is 11.4. The number of rotatable bonds is 0. The zero-order chi connectivity index (χ0) is 12.1. The van der Waals surface area contributed by atoms with Crippen LogP contribution < -0.4 is 0 Å². The first-order chi connectivity index (χ1) is 7.34. The Hall–Kier alpha value is -1.08. The average Bonchev–Trinajstić information content (AvgIpc) is 2.61. The Bertz CT molecular complexity index is 560. The molecule has 0 radical (unpaired) electrons. The van der Waals surface area contributed by atoms with E-state index in [1.807, 2.05) is 0 Å². The fourth-order valence-corrected chi connectivity index (χ4v) is 2.28. The molecule has 0 fully saturated rings. The van der Waals surface area contributed by atoms with Crippen molar-refractivity contribution in [3.05, 3.63) is 23.0 Å². The number of benzene rings is 1. The molecule has 1 aromatic carbocycles. The molecule has 0 N–H and O–H groups in total. The molecule has 2 rings (SSSR count). The molecular formula is C7F6N2Se. The van der Waals surface area contributed by atoms with Crippen LogP contribution in [0.15, 0.2) is 0 Å². The predicted octanol–water partition coefficient (Wildman–Crippen LogP) is 2.12. The van der Waals surface area contributed by atoms with Crippen LogP contribution in [0.25, 0.3) is 11.0 Å². The topological polar surface area (TPSA) is 25.8 Å². The third kappa shape index (κ3) is 1.51. The number of halogens is 6. The molecule has 0 spiro atoms. The van der Waals surface area contributed by atoms with Crippen molar-refractivity contribution >= 4 is 26.0 Å². The van der Waals surface area contributed by atoms with Gasteiger partial charge in [0.25, 0.3) is 0 Å². The Labute approximate surface area is 90.1 Å². The molecule has 0 atom stereocenters. The molecule has 0 saturated carbocycles. The number of aromatic nitrogens is 2. The predicted molar refractivity (Wildman–Crippen MR) is 41.4 cm³/mol. The Morgan fingerprint density at radius 2 is 1.31 bits per heavy atom. The van der Waals surface area contributed by atoms with Crippen molar-refractivity contribution in [2.45, 2.75) is 6.18 Å². The van der Waals surface area contributed by atoms with Gasteiger partial charge in [-0.1, -0.05) is 0 Å². The molecule has 1 aromatic heterocycles. The molecule has 2 nitrogen and oxygen atoms in total. The van der Waals surface area contributed by atoms with Crippen molar-refractivity contribution in [1.82, 2.24) is 7.96 Å². The van der Waals surface area contributed by atoms with Gasteiger partial charge in [0.05, 0.1) is 0 Å². The van der Waals surface area contributed by atoms with Crippen molar-refractivity contribution in [3.8, 4) is 0 Å². The van der Waals surface area contributed by atoms with Gasteiger partial charge in [-0.25, -0.2) is 0 Å². The van der Waals surface area contributed by atoms with Crippen LogP contribution in [0.5, 0.6) is 0 Å². The molecule has 0 bridgehead atoms. The fourth-order valence-electron chi connectivity index (χ4n) is 1.15. The molecule has 86 valence electrons. The van der Waals surface area contributed by atoms with Gasteiger partial charge < -0.3 is 0 Å². The fraction of sp³-hybridized carbons (Fsp3) is 0.143. The molecule has 0 amide bonds. The van der Waals surface area contributed by atoms with Crippen molar-refractivity contribution in [2.75, 3.05) is 0 Å². The third-order valence-electron chi connectivity index (χ3n) is 1.82. The number of hydrogen-bond acceptors (Lipinski definition) is 2. The molecule has 0 aliphatic rings. The molecule has 16 heavy (non-hydrogen) atoms. The molecule has 1 heterocycles. The van der Waals surface area contributed by atoms with E-state index in [-0.39, 0.29) is 0 Å². The normalized spacial score (nSPS) is 12.4. The van der Waals surface area contributed by atoms with Gasteiger partial charge in [-0.05, 0) is 0 Å². The van der Waals surface area contributed by atoms with Crippen molar-refractivity contribution in [2.24, 2.45) is 0 Å². The average molecular weight is 305 g/mol. The van der Waals surface area contributed by atoms with E-state index >= 15 is 0 Å². The van der Waals surface area contributed by atoms with E-state index in [1.165, 1.54) is 0 Å². The summed E-state index contributed by atoms with van der Waals surface area (Å²) < 4.78 is 82.7. The van der Waals surface area contributed by atoms with E-state index in [1.54, 1.807) is 0 Å². The van der Waals surface area contributed by atoms with Crippen LogP contribution in [-0.4, -0.2) is 22.9 Å². The number of nitrogens with zero attached hydrogens (tertiary/aromatic N) is 2. The maximum atomic E-state index is 13.2. The SMILES string of the molecule is Fc1c(C(F)(F)F)c(F)c2n[se]nc2c1F. The zero-order valence-corrected chi connectivity index (χ0v) is 8.78. The van der Waals surface area contributed by atoms with E-state index in [0.29, 0.717) is 0 Å². The van der Waals surface area contributed by atoms with Crippen LogP contribution in [0.4, 0.5) is 26.3 Å². The second-order valence-corrected chi connectivity index (χ2v) is 3.88. The van der Waals surface area contributed by atoms with Gasteiger partial charge in [0.15, 0.2) is 0 Å². The summed E-state index contributed by atoms with van der Waals surface area (Å²) in [7, 11) is 0. The molecule has 0 aliphatic heterocycles. The maximum absolute atomic E-state index is 13.2. The van der Waals surface area contributed by atoms with Crippen LogP contribution >= 0.6 is 0 Å². The van der Waals surface area contributed by atoms with Crippen molar-refractivity contribution in [1.29, 1.82) is 0 Å². The molecule has 0 aliphatic carbocycles. The van der Waals surface area contributed by atoms with Gasteiger partial charge >= 0.3 is 89.5 Å². The molecule has 0 saturated heterocycles. The molecule has 2 aromatic rings. The monoisotopic (exact) mass is 306 g/mol. The Balaban J connectivity index is 2.94. The zero-order valence-electron chi connectivity index (χ0n) is 7.07. The molecule has 0 unspecified atom stereocenters. The minimum absolute atomic E-state index is 0.775. The van der Waals surface area contributed by atoms with Crippen molar-refractivity contribution < 1.29 is 26.3 Å². The standard InChI is InChI=1S/C7F6N2Se/c8-2-1(7(11,12)13)3(9)5-6(4(2)10)15-16-14-5. The van der Waals surface area contributed by atoms with Crippen LogP contribution in [0.2, 0.25) is 0 Å². The number of fused-ring (bicyclic) bond motifs is 1. The third-order valence-corrected chi connectivity index (χ3v) is 2.93. The van der Waals surface area contributed by atoms with Crippen LogP contribution in [0.3, 0.4) is 0 Å². The van der Waals surface area contributed by atoms with Gasteiger partial charge in [0.2, 0.25) is 0 Å².